The molecule has 1 atom stereocenters. The average Bonchev–Trinajstić information content (AvgIpc) is 3.35. The van der Waals surface area contributed by atoms with Crippen LogP contribution in [0.2, 0.25) is 0 Å². The van der Waals surface area contributed by atoms with E-state index in [4.69, 9.17) is 14.2 Å². The largest absolute Gasteiger partial charge is 0.462 e. The van der Waals surface area contributed by atoms with Crippen LogP contribution in [0.3, 0.4) is 0 Å². The second-order valence-corrected chi connectivity index (χ2v) is 21.0. The van der Waals surface area contributed by atoms with Crippen molar-refractivity contribution in [2.45, 2.75) is 348 Å². The minimum absolute atomic E-state index is 0.0712. The van der Waals surface area contributed by atoms with Crippen molar-refractivity contribution < 1.29 is 28.6 Å². The summed E-state index contributed by atoms with van der Waals surface area (Å²) >= 11 is 0. The van der Waals surface area contributed by atoms with Gasteiger partial charge < -0.3 is 14.2 Å². The van der Waals surface area contributed by atoms with Crippen LogP contribution in [0.1, 0.15) is 342 Å². The molecule has 0 aliphatic heterocycles. The molecule has 6 nitrogen and oxygen atoms in total. The molecule has 0 bridgehead atoms. The monoisotopic (exact) mass is 971 g/mol. The Morgan fingerprint density at radius 1 is 0.275 bits per heavy atom. The van der Waals surface area contributed by atoms with Crippen LogP contribution in [-0.2, 0) is 28.6 Å². The lowest BCUT2D eigenvalue weighted by atomic mass is 10.0. The van der Waals surface area contributed by atoms with Gasteiger partial charge in [-0.3, -0.25) is 14.4 Å². The predicted octanol–water partition coefficient (Wildman–Crippen LogP) is 20.7. The topological polar surface area (TPSA) is 78.9 Å². The predicted molar refractivity (Wildman–Crippen MR) is 298 cm³/mol. The van der Waals surface area contributed by atoms with E-state index in [1.54, 1.807) is 0 Å². The number of esters is 3. The fourth-order valence-electron chi connectivity index (χ4n) is 9.27. The quantitative estimate of drug-likeness (QED) is 0.0261. The number of unbranched alkanes of at least 4 members (excludes halogenated alkanes) is 42. The van der Waals surface area contributed by atoms with Gasteiger partial charge >= 0.3 is 17.9 Å². The lowest BCUT2D eigenvalue weighted by molar-refractivity contribution is -0.167. The molecule has 0 saturated carbocycles. The molecule has 0 heterocycles. The minimum Gasteiger partial charge on any atom is -0.462 e. The van der Waals surface area contributed by atoms with Crippen LogP contribution in [0.4, 0.5) is 0 Å². The highest BCUT2D eigenvalue weighted by Gasteiger charge is 2.19. The fourth-order valence-corrected chi connectivity index (χ4v) is 9.27. The number of carbonyl (C=O) groups excluding carboxylic acids is 3. The first-order chi connectivity index (χ1) is 34.0. The molecule has 0 aromatic carbocycles. The van der Waals surface area contributed by atoms with Crippen molar-refractivity contribution in [2.75, 3.05) is 13.2 Å². The van der Waals surface area contributed by atoms with E-state index in [1.807, 2.05) is 0 Å². The van der Waals surface area contributed by atoms with Crippen molar-refractivity contribution in [1.82, 2.24) is 0 Å². The Morgan fingerprint density at radius 2 is 0.507 bits per heavy atom. The van der Waals surface area contributed by atoms with Gasteiger partial charge in [-0.15, -0.1) is 0 Å². The number of hydrogen-bond acceptors (Lipinski definition) is 6. The first-order valence-electron chi connectivity index (χ1n) is 30.8. The maximum Gasteiger partial charge on any atom is 0.306 e. The smallest absolute Gasteiger partial charge is 0.306 e. The highest BCUT2D eigenvalue weighted by Crippen LogP contribution is 2.18. The molecule has 0 aliphatic rings. The molecular formula is C63H118O6. The van der Waals surface area contributed by atoms with Gasteiger partial charge in [0.05, 0.1) is 0 Å². The van der Waals surface area contributed by atoms with Crippen molar-refractivity contribution in [3.8, 4) is 0 Å². The third-order valence-electron chi connectivity index (χ3n) is 13.9. The zero-order valence-electron chi connectivity index (χ0n) is 46.6. The second kappa shape index (κ2) is 58.5. The summed E-state index contributed by atoms with van der Waals surface area (Å²) in [7, 11) is 0. The van der Waals surface area contributed by atoms with Crippen LogP contribution in [0, 0.1) is 0 Å². The Kier molecular flexibility index (Phi) is 56.7. The van der Waals surface area contributed by atoms with E-state index in [0.29, 0.717) is 19.3 Å². The molecular weight excluding hydrogens is 853 g/mol. The summed E-state index contributed by atoms with van der Waals surface area (Å²) in [6.45, 7) is 6.62. The van der Waals surface area contributed by atoms with Crippen LogP contribution in [0.25, 0.3) is 0 Å². The first-order valence-corrected chi connectivity index (χ1v) is 30.8. The molecule has 0 N–H and O–H groups in total. The van der Waals surface area contributed by atoms with Crippen LogP contribution < -0.4 is 0 Å². The van der Waals surface area contributed by atoms with Crippen molar-refractivity contribution in [2.24, 2.45) is 0 Å². The van der Waals surface area contributed by atoms with E-state index in [-0.39, 0.29) is 31.1 Å². The zero-order chi connectivity index (χ0) is 50.0. The van der Waals surface area contributed by atoms with Crippen LogP contribution in [-0.4, -0.2) is 37.2 Å². The van der Waals surface area contributed by atoms with Crippen molar-refractivity contribution in [3.05, 3.63) is 24.3 Å². The Hall–Kier alpha value is -2.11. The van der Waals surface area contributed by atoms with E-state index in [2.05, 4.69) is 45.1 Å². The zero-order valence-corrected chi connectivity index (χ0v) is 46.6. The molecule has 0 saturated heterocycles. The molecule has 6 heteroatoms. The molecule has 406 valence electrons. The van der Waals surface area contributed by atoms with Crippen LogP contribution in [0.5, 0.6) is 0 Å². The molecule has 0 amide bonds. The summed E-state index contributed by atoms with van der Waals surface area (Å²) in [6.07, 6.45) is 69.1. The van der Waals surface area contributed by atoms with Crippen molar-refractivity contribution in [3.63, 3.8) is 0 Å². The highest BCUT2D eigenvalue weighted by atomic mass is 16.6. The van der Waals surface area contributed by atoms with Gasteiger partial charge in [-0.05, 0) is 64.2 Å². The first kappa shape index (κ1) is 66.9. The maximum absolute atomic E-state index is 12.8. The third kappa shape index (κ3) is 56.7. The van der Waals surface area contributed by atoms with Gasteiger partial charge in [0.2, 0.25) is 0 Å². The molecule has 0 spiro atoms. The van der Waals surface area contributed by atoms with E-state index < -0.39 is 6.10 Å². The normalized spacial score (nSPS) is 12.1. The van der Waals surface area contributed by atoms with Gasteiger partial charge in [-0.2, -0.15) is 0 Å². The average molecular weight is 972 g/mol. The summed E-state index contributed by atoms with van der Waals surface area (Å²) in [6, 6.07) is 0. The van der Waals surface area contributed by atoms with E-state index in [1.165, 1.54) is 231 Å². The van der Waals surface area contributed by atoms with E-state index in [0.717, 1.165) is 70.6 Å². The molecule has 0 aromatic heterocycles. The Labute approximate surface area is 430 Å². The van der Waals surface area contributed by atoms with E-state index in [9.17, 15) is 14.4 Å². The van der Waals surface area contributed by atoms with Gasteiger partial charge in [0.1, 0.15) is 13.2 Å². The Bertz CT molecular complexity index is 1110. The number of rotatable bonds is 57. The molecule has 0 rings (SSSR count). The lowest BCUT2D eigenvalue weighted by Gasteiger charge is -2.18. The van der Waals surface area contributed by atoms with Crippen LogP contribution >= 0.6 is 0 Å². The summed E-state index contributed by atoms with van der Waals surface area (Å²) in [4.78, 5) is 38.1. The van der Waals surface area contributed by atoms with E-state index >= 15 is 0 Å². The number of ether oxygens (including phenoxy) is 3. The minimum atomic E-state index is -0.773. The van der Waals surface area contributed by atoms with Crippen LogP contribution in [0.15, 0.2) is 24.3 Å². The molecule has 1 unspecified atom stereocenters. The summed E-state index contributed by atoms with van der Waals surface area (Å²) in [5, 5.41) is 0. The molecule has 0 fully saturated rings. The standard InChI is InChI=1S/C63H118O6/c1-4-7-10-13-16-19-22-24-26-28-29-30-31-32-33-34-36-37-39-41-44-47-50-53-56-62(65)68-59-60(58-67-61(64)55-52-49-46-43-21-18-15-12-9-6-3)69-63(66)57-54-51-48-45-42-40-38-35-27-25-23-20-17-14-11-8-5-2/h12,15,25,27,60H,4-11,13-14,16-24,26,28-59H2,1-3H3/b15-12-,27-25-. The number of carbonyl (C=O) groups is 3. The molecule has 0 aromatic rings. The molecule has 0 radical (unpaired) electrons. The summed E-state index contributed by atoms with van der Waals surface area (Å²) in [5.74, 6) is -0.866. The van der Waals surface area contributed by atoms with Gasteiger partial charge in [0.15, 0.2) is 6.10 Å². The van der Waals surface area contributed by atoms with Gasteiger partial charge in [-0.1, -0.05) is 283 Å². The Balaban J connectivity index is 4.18. The number of allylic oxidation sites excluding steroid dienone is 4. The fraction of sp³-hybridized carbons (Fsp3) is 0.889. The number of hydrogen-bond donors (Lipinski definition) is 0. The highest BCUT2D eigenvalue weighted by molar-refractivity contribution is 5.71. The maximum atomic E-state index is 12.8. The summed E-state index contributed by atoms with van der Waals surface area (Å²) in [5.41, 5.74) is 0. The van der Waals surface area contributed by atoms with Gasteiger partial charge in [0, 0.05) is 19.3 Å². The second-order valence-electron chi connectivity index (χ2n) is 21.0. The molecule has 69 heavy (non-hydrogen) atoms. The Morgan fingerprint density at radius 3 is 0.783 bits per heavy atom. The molecule has 0 aliphatic carbocycles. The lowest BCUT2D eigenvalue weighted by Crippen LogP contribution is -2.30. The van der Waals surface area contributed by atoms with Crippen molar-refractivity contribution in [1.29, 1.82) is 0 Å². The van der Waals surface area contributed by atoms with Gasteiger partial charge in [0.25, 0.3) is 0 Å². The van der Waals surface area contributed by atoms with Crippen molar-refractivity contribution >= 4 is 17.9 Å². The third-order valence-corrected chi connectivity index (χ3v) is 13.9. The summed E-state index contributed by atoms with van der Waals surface area (Å²) < 4.78 is 16.9. The van der Waals surface area contributed by atoms with Gasteiger partial charge in [-0.25, -0.2) is 0 Å². The SMILES string of the molecule is CCC/C=C\CCCCCCCC(=O)OCC(COC(=O)CCCCCCCCCCCCCCCCCCCCCCCCCC)OC(=O)CCCCCCCCC/C=C\CCCCCCCC.